The average molecular weight is 397 g/mol. The number of methoxy groups -OCH3 is 1. The summed E-state index contributed by atoms with van der Waals surface area (Å²) in [6.45, 7) is 1.72. The van der Waals surface area contributed by atoms with Crippen molar-refractivity contribution in [2.75, 3.05) is 7.11 Å². The Hall–Kier alpha value is -2.02. The topological polar surface area (TPSA) is 61.2 Å². The Morgan fingerprint density at radius 3 is 2.40 bits per heavy atom. The maximum atomic E-state index is 13.2. The molecular weight excluding hydrogens is 383 g/mol. The molecular formula is C17H14Cl2N2O3S. The highest BCUT2D eigenvalue weighted by molar-refractivity contribution is 7.90. The van der Waals surface area contributed by atoms with Crippen molar-refractivity contribution in [3.63, 3.8) is 0 Å². The Labute approximate surface area is 155 Å². The summed E-state index contributed by atoms with van der Waals surface area (Å²) in [4.78, 5) is 4.23. The minimum Gasteiger partial charge on any atom is -0.495 e. The van der Waals surface area contributed by atoms with E-state index in [0.717, 1.165) is 3.97 Å². The third-order valence-electron chi connectivity index (χ3n) is 3.57. The van der Waals surface area contributed by atoms with Gasteiger partial charge < -0.3 is 4.74 Å². The van der Waals surface area contributed by atoms with Crippen LogP contribution in [0.2, 0.25) is 10.0 Å². The van der Waals surface area contributed by atoms with Gasteiger partial charge in [-0.25, -0.2) is 17.4 Å². The number of imidazole rings is 1. The number of nitrogens with zero attached hydrogens (tertiary/aromatic N) is 2. The molecule has 0 saturated heterocycles. The van der Waals surface area contributed by atoms with E-state index in [1.807, 2.05) is 18.2 Å². The van der Waals surface area contributed by atoms with Gasteiger partial charge in [-0.05, 0) is 13.0 Å². The Balaban J connectivity index is 2.22. The second-order valence-corrected chi connectivity index (χ2v) is 7.89. The maximum Gasteiger partial charge on any atom is 0.270 e. The van der Waals surface area contributed by atoms with Crippen molar-refractivity contribution in [1.82, 2.24) is 8.96 Å². The lowest BCUT2D eigenvalue weighted by Gasteiger charge is -2.12. The van der Waals surface area contributed by atoms with Gasteiger partial charge in [0.2, 0.25) is 0 Å². The molecule has 5 nitrogen and oxygen atoms in total. The van der Waals surface area contributed by atoms with Crippen LogP contribution in [0.5, 0.6) is 5.75 Å². The van der Waals surface area contributed by atoms with Crippen LogP contribution in [0.25, 0.3) is 11.4 Å². The Morgan fingerprint density at radius 2 is 1.76 bits per heavy atom. The van der Waals surface area contributed by atoms with Gasteiger partial charge in [-0.3, -0.25) is 0 Å². The molecule has 0 aliphatic carbocycles. The molecule has 8 heteroatoms. The molecule has 0 saturated carbocycles. The van der Waals surface area contributed by atoms with Crippen molar-refractivity contribution in [1.29, 1.82) is 0 Å². The van der Waals surface area contributed by atoms with Crippen LogP contribution in [-0.2, 0) is 10.0 Å². The molecule has 2 aromatic carbocycles. The first-order chi connectivity index (χ1) is 11.8. The Bertz CT molecular complexity index is 1030. The lowest BCUT2D eigenvalue weighted by Crippen LogP contribution is -2.14. The zero-order valence-electron chi connectivity index (χ0n) is 13.4. The van der Waals surface area contributed by atoms with E-state index in [9.17, 15) is 8.42 Å². The Morgan fingerprint density at radius 1 is 1.08 bits per heavy atom. The minimum atomic E-state index is -3.99. The fourth-order valence-electron chi connectivity index (χ4n) is 2.41. The van der Waals surface area contributed by atoms with E-state index < -0.39 is 10.0 Å². The monoisotopic (exact) mass is 396 g/mol. The quantitative estimate of drug-likeness (QED) is 0.654. The molecule has 0 aliphatic rings. The highest BCUT2D eigenvalue weighted by Gasteiger charge is 2.26. The van der Waals surface area contributed by atoms with E-state index in [2.05, 4.69) is 4.98 Å². The van der Waals surface area contributed by atoms with Crippen LogP contribution in [0, 0.1) is 6.92 Å². The lowest BCUT2D eigenvalue weighted by atomic mass is 10.2. The first-order valence-electron chi connectivity index (χ1n) is 7.24. The lowest BCUT2D eigenvalue weighted by molar-refractivity contribution is 0.414. The van der Waals surface area contributed by atoms with Crippen molar-refractivity contribution in [3.05, 3.63) is 64.4 Å². The van der Waals surface area contributed by atoms with Crippen LogP contribution in [0.4, 0.5) is 0 Å². The van der Waals surface area contributed by atoms with E-state index in [4.69, 9.17) is 27.9 Å². The molecule has 0 atom stereocenters. The zero-order chi connectivity index (χ0) is 18.2. The van der Waals surface area contributed by atoms with Crippen LogP contribution in [0.15, 0.2) is 53.6 Å². The standard InChI is InChI=1S/C17H14Cl2N2O3S/c1-11-10-21(17(20-11)12-6-4-3-5-7-12)25(22,23)16-9-13(18)15(24-2)8-14(16)19/h3-10H,1-2H3. The van der Waals surface area contributed by atoms with Gasteiger partial charge in [-0.1, -0.05) is 53.5 Å². The number of halogens is 2. The molecule has 0 unspecified atom stereocenters. The molecule has 1 heterocycles. The highest BCUT2D eigenvalue weighted by atomic mass is 35.5. The SMILES string of the molecule is COc1cc(Cl)c(S(=O)(=O)n2cc(C)nc2-c2ccccc2)cc1Cl. The highest BCUT2D eigenvalue weighted by Crippen LogP contribution is 2.35. The fraction of sp³-hybridized carbons (Fsp3) is 0.118. The third-order valence-corrected chi connectivity index (χ3v) is 5.98. The summed E-state index contributed by atoms with van der Waals surface area (Å²) in [5.41, 5.74) is 1.24. The van der Waals surface area contributed by atoms with Crippen LogP contribution >= 0.6 is 23.2 Å². The first-order valence-corrected chi connectivity index (χ1v) is 9.44. The second-order valence-electron chi connectivity index (χ2n) is 5.29. The van der Waals surface area contributed by atoms with Gasteiger partial charge in [-0.15, -0.1) is 0 Å². The minimum absolute atomic E-state index is 0.0200. The summed E-state index contributed by atoms with van der Waals surface area (Å²) in [6.07, 6.45) is 1.45. The predicted octanol–water partition coefficient (Wildman–Crippen LogP) is 4.41. The molecule has 0 N–H and O–H groups in total. The molecule has 0 spiro atoms. The van der Waals surface area contributed by atoms with E-state index >= 15 is 0 Å². The Kier molecular flexibility index (Phi) is 4.77. The van der Waals surface area contributed by atoms with E-state index in [-0.39, 0.29) is 14.9 Å². The molecule has 0 aliphatic heterocycles. The molecule has 0 bridgehead atoms. The number of rotatable bonds is 4. The van der Waals surface area contributed by atoms with Crippen molar-refractivity contribution >= 4 is 33.2 Å². The molecule has 0 fully saturated rings. The first kappa shape index (κ1) is 17.8. The third kappa shape index (κ3) is 3.25. The number of hydrogen-bond donors (Lipinski definition) is 0. The van der Waals surface area contributed by atoms with E-state index in [1.54, 1.807) is 19.1 Å². The number of aryl methyl sites for hydroxylation is 1. The molecule has 3 rings (SSSR count). The summed E-state index contributed by atoms with van der Waals surface area (Å²) in [5.74, 6) is 0.608. The molecule has 0 amide bonds. The summed E-state index contributed by atoms with van der Waals surface area (Å²) in [7, 11) is -2.56. The maximum absolute atomic E-state index is 13.2. The van der Waals surface area contributed by atoms with Crippen molar-refractivity contribution < 1.29 is 13.2 Å². The van der Waals surface area contributed by atoms with Gasteiger partial charge >= 0.3 is 0 Å². The van der Waals surface area contributed by atoms with Crippen molar-refractivity contribution in [3.8, 4) is 17.1 Å². The molecule has 0 radical (unpaired) electrons. The molecule has 130 valence electrons. The van der Waals surface area contributed by atoms with Gasteiger partial charge in [0.25, 0.3) is 10.0 Å². The molecule has 25 heavy (non-hydrogen) atoms. The van der Waals surface area contributed by atoms with Gasteiger partial charge in [0, 0.05) is 17.8 Å². The van der Waals surface area contributed by atoms with Crippen molar-refractivity contribution in [2.45, 2.75) is 11.8 Å². The largest absolute Gasteiger partial charge is 0.495 e. The zero-order valence-corrected chi connectivity index (χ0v) is 15.7. The molecule has 3 aromatic rings. The van der Waals surface area contributed by atoms with E-state index in [1.165, 1.54) is 25.4 Å². The number of ether oxygens (including phenoxy) is 1. The average Bonchev–Trinajstić information content (AvgIpc) is 3.00. The summed E-state index contributed by atoms with van der Waals surface area (Å²) in [5, 5.41) is 0.176. The van der Waals surface area contributed by atoms with Gasteiger partial charge in [-0.2, -0.15) is 0 Å². The number of aromatic nitrogens is 2. The normalized spacial score (nSPS) is 11.5. The smallest absolute Gasteiger partial charge is 0.270 e. The van der Waals surface area contributed by atoms with Crippen LogP contribution in [-0.4, -0.2) is 24.5 Å². The van der Waals surface area contributed by atoms with E-state index in [0.29, 0.717) is 22.8 Å². The summed E-state index contributed by atoms with van der Waals surface area (Å²) in [6, 6.07) is 11.7. The molecule has 1 aromatic heterocycles. The van der Waals surface area contributed by atoms with Crippen molar-refractivity contribution in [2.24, 2.45) is 0 Å². The van der Waals surface area contributed by atoms with Crippen LogP contribution < -0.4 is 4.74 Å². The second kappa shape index (κ2) is 6.71. The summed E-state index contributed by atoms with van der Waals surface area (Å²) < 4.78 is 32.5. The van der Waals surface area contributed by atoms with Gasteiger partial charge in [0.05, 0.1) is 22.8 Å². The van der Waals surface area contributed by atoms with Crippen LogP contribution in [0.1, 0.15) is 5.69 Å². The number of benzene rings is 2. The fourth-order valence-corrected chi connectivity index (χ4v) is 4.61. The van der Waals surface area contributed by atoms with Gasteiger partial charge in [0.1, 0.15) is 10.6 Å². The predicted molar refractivity (Wildman–Crippen MR) is 98.0 cm³/mol. The number of hydrogen-bond acceptors (Lipinski definition) is 4. The summed E-state index contributed by atoms with van der Waals surface area (Å²) >= 11 is 12.3. The van der Waals surface area contributed by atoms with Crippen LogP contribution in [0.3, 0.4) is 0 Å². The van der Waals surface area contributed by atoms with Gasteiger partial charge in [0.15, 0.2) is 5.82 Å².